The molecule has 0 bridgehead atoms. The van der Waals surface area contributed by atoms with Gasteiger partial charge in [-0.25, -0.2) is 0 Å². The van der Waals surface area contributed by atoms with E-state index >= 15 is 0 Å². The lowest BCUT2D eigenvalue weighted by Gasteiger charge is -2.36. The number of rotatable bonds is 0. The van der Waals surface area contributed by atoms with Gasteiger partial charge in [0.15, 0.2) is 0 Å². The van der Waals surface area contributed by atoms with Gasteiger partial charge >= 0.3 is 0 Å². The summed E-state index contributed by atoms with van der Waals surface area (Å²) in [5.74, 6) is 0.904. The Kier molecular flexibility index (Phi) is 2.31. The first-order valence-corrected chi connectivity index (χ1v) is 6.18. The van der Waals surface area contributed by atoms with Crippen LogP contribution in [0.25, 0.3) is 16.3 Å². The first kappa shape index (κ1) is 11.4. The summed E-state index contributed by atoms with van der Waals surface area (Å²) < 4.78 is 6.04. The normalized spacial score (nSPS) is 22.8. The van der Waals surface area contributed by atoms with Gasteiger partial charge in [-0.1, -0.05) is 36.4 Å². The van der Waals surface area contributed by atoms with Gasteiger partial charge in [0.05, 0.1) is 5.50 Å². The van der Waals surface area contributed by atoms with Crippen LogP contribution in [0.2, 0.25) is 0 Å². The van der Waals surface area contributed by atoms with Crippen LogP contribution >= 0.6 is 0 Å². The van der Waals surface area contributed by atoms with Crippen LogP contribution < -0.4 is 4.74 Å². The van der Waals surface area contributed by atoms with Gasteiger partial charge in [0, 0.05) is 10.9 Å². The van der Waals surface area contributed by atoms with Gasteiger partial charge in [-0.05, 0) is 37.3 Å². The van der Waals surface area contributed by atoms with E-state index in [9.17, 15) is 0 Å². The Labute approximate surface area is 109 Å². The smallest absolute Gasteiger partial charge is 0.137 e. The molecule has 1 heterocycles. The minimum atomic E-state index is -0.721. The number of ether oxygens (including phenoxy) is 1. The zero-order chi connectivity index (χ0) is 12.9. The summed E-state index contributed by atoms with van der Waals surface area (Å²) in [6.45, 7) is 6.06. The maximum atomic E-state index is 6.24. The second-order valence-electron chi connectivity index (χ2n) is 5.12. The fourth-order valence-electron chi connectivity index (χ4n) is 2.51. The zero-order valence-corrected chi connectivity index (χ0v) is 10.9. The molecule has 0 saturated heterocycles. The monoisotopic (exact) mass is 234 g/mol. The van der Waals surface area contributed by atoms with Crippen LogP contribution in [0.3, 0.4) is 0 Å². The number of allylic oxidation sites excluding steroid dienone is 1. The van der Waals surface area contributed by atoms with Crippen molar-refractivity contribution in [2.45, 2.75) is 26.3 Å². The van der Waals surface area contributed by atoms with E-state index in [-0.39, 0.29) is 0 Å². The number of benzene rings is 2. The molecular weight excluding hydrogens is 219 g/mol. The molecule has 1 nitrogen and oxygen atoms in total. The van der Waals surface area contributed by atoms with Crippen molar-refractivity contribution in [2.75, 3.05) is 0 Å². The van der Waals surface area contributed by atoms with Crippen LogP contribution in [-0.4, -0.2) is 13.3 Å². The fraction of sp³-hybridized carbons (Fsp3) is 0.250. The third-order valence-corrected chi connectivity index (χ3v) is 3.90. The number of hydrogen-bond donors (Lipinski definition) is 0. The van der Waals surface area contributed by atoms with Crippen LogP contribution in [-0.2, 0) is 0 Å². The Morgan fingerprint density at radius 2 is 1.78 bits per heavy atom. The summed E-state index contributed by atoms with van der Waals surface area (Å²) in [5.41, 5.74) is 2.73. The van der Waals surface area contributed by atoms with Gasteiger partial charge < -0.3 is 4.74 Å². The number of hydrogen-bond acceptors (Lipinski definition) is 1. The average molecular weight is 234 g/mol. The Morgan fingerprint density at radius 3 is 2.56 bits per heavy atom. The van der Waals surface area contributed by atoms with Crippen LogP contribution in [0.5, 0.6) is 5.75 Å². The van der Waals surface area contributed by atoms with Gasteiger partial charge in [0.2, 0.25) is 0 Å². The van der Waals surface area contributed by atoms with Gasteiger partial charge in [-0.3, -0.25) is 0 Å². The lowest BCUT2D eigenvalue weighted by Crippen LogP contribution is -2.37. The van der Waals surface area contributed by atoms with Crippen molar-refractivity contribution in [1.29, 1.82) is 0 Å². The standard InChI is InChI=1S/C16H15BO/c1-10-11(2)16(3,17)18-15-13(10)9-8-12-6-4-5-7-14(12)15/h4-9H,1-3H3. The van der Waals surface area contributed by atoms with Crippen molar-refractivity contribution in [2.24, 2.45) is 0 Å². The minimum Gasteiger partial charge on any atom is -0.492 e. The lowest BCUT2D eigenvalue weighted by atomic mass is 9.73. The molecule has 1 aliphatic rings. The molecular formula is C16H15BO. The molecule has 0 amide bonds. The second kappa shape index (κ2) is 3.65. The molecule has 2 aromatic carbocycles. The Balaban J connectivity index is 2.38. The highest BCUT2D eigenvalue weighted by Crippen LogP contribution is 2.43. The van der Waals surface area contributed by atoms with Gasteiger partial charge in [0.1, 0.15) is 13.6 Å². The summed E-state index contributed by atoms with van der Waals surface area (Å²) in [5, 5.41) is 2.30. The topological polar surface area (TPSA) is 9.23 Å². The molecule has 88 valence electrons. The molecule has 0 aromatic heterocycles. The summed E-state index contributed by atoms with van der Waals surface area (Å²) in [7, 11) is 6.24. The lowest BCUT2D eigenvalue weighted by molar-refractivity contribution is 0.212. The van der Waals surface area contributed by atoms with Crippen molar-refractivity contribution < 1.29 is 4.74 Å². The molecule has 0 N–H and O–H groups in total. The summed E-state index contributed by atoms with van der Waals surface area (Å²) in [6, 6.07) is 12.5. The maximum Gasteiger partial charge on any atom is 0.137 e. The van der Waals surface area contributed by atoms with Crippen molar-refractivity contribution in [3.8, 4) is 5.75 Å². The molecule has 18 heavy (non-hydrogen) atoms. The largest absolute Gasteiger partial charge is 0.492 e. The van der Waals surface area contributed by atoms with E-state index in [1.54, 1.807) is 0 Å². The van der Waals surface area contributed by atoms with Gasteiger partial charge in [-0.2, -0.15) is 0 Å². The van der Waals surface area contributed by atoms with Crippen molar-refractivity contribution in [3.05, 3.63) is 47.5 Å². The van der Waals surface area contributed by atoms with E-state index in [0.717, 1.165) is 22.3 Å². The fourth-order valence-corrected chi connectivity index (χ4v) is 2.51. The predicted molar refractivity (Wildman–Crippen MR) is 77.0 cm³/mol. The molecule has 1 atom stereocenters. The van der Waals surface area contributed by atoms with E-state index in [4.69, 9.17) is 12.6 Å². The van der Waals surface area contributed by atoms with E-state index in [1.165, 1.54) is 11.0 Å². The highest BCUT2D eigenvalue weighted by Gasteiger charge is 2.30. The third-order valence-electron chi connectivity index (χ3n) is 3.90. The molecule has 0 aliphatic carbocycles. The predicted octanol–water partition coefficient (Wildman–Crippen LogP) is 3.91. The van der Waals surface area contributed by atoms with Crippen LogP contribution in [0.15, 0.2) is 42.0 Å². The second-order valence-corrected chi connectivity index (χ2v) is 5.12. The summed E-state index contributed by atoms with van der Waals surface area (Å²) >= 11 is 0. The molecule has 2 radical (unpaired) electrons. The molecule has 0 spiro atoms. The van der Waals surface area contributed by atoms with E-state index < -0.39 is 5.50 Å². The molecule has 2 heteroatoms. The first-order chi connectivity index (χ1) is 8.50. The van der Waals surface area contributed by atoms with Crippen molar-refractivity contribution in [3.63, 3.8) is 0 Å². The Morgan fingerprint density at radius 1 is 1.06 bits per heavy atom. The van der Waals surface area contributed by atoms with Crippen molar-refractivity contribution in [1.82, 2.24) is 0 Å². The van der Waals surface area contributed by atoms with Gasteiger partial charge in [0.25, 0.3) is 0 Å². The van der Waals surface area contributed by atoms with E-state index in [0.29, 0.717) is 0 Å². The van der Waals surface area contributed by atoms with E-state index in [2.05, 4.69) is 31.2 Å². The maximum absolute atomic E-state index is 6.24. The summed E-state index contributed by atoms with van der Waals surface area (Å²) in [6.07, 6.45) is 0. The molecule has 0 fully saturated rings. The van der Waals surface area contributed by atoms with Gasteiger partial charge in [-0.15, -0.1) is 0 Å². The average Bonchev–Trinajstić information content (AvgIpc) is 2.36. The zero-order valence-electron chi connectivity index (χ0n) is 10.9. The summed E-state index contributed by atoms with van der Waals surface area (Å²) in [4.78, 5) is 0. The van der Waals surface area contributed by atoms with Crippen molar-refractivity contribution >= 4 is 24.2 Å². The van der Waals surface area contributed by atoms with Crippen LogP contribution in [0.1, 0.15) is 26.3 Å². The van der Waals surface area contributed by atoms with E-state index in [1.807, 2.05) is 26.0 Å². The molecule has 1 unspecified atom stereocenters. The molecule has 2 aromatic rings. The molecule has 0 saturated carbocycles. The quantitative estimate of drug-likeness (QED) is 0.628. The first-order valence-electron chi connectivity index (χ1n) is 6.18. The van der Waals surface area contributed by atoms with Crippen LogP contribution in [0, 0.1) is 0 Å². The SMILES string of the molecule is [B]C1(C)Oc2c(ccc3ccccc23)C(C)=C1C. The Hall–Kier alpha value is -1.70. The molecule has 3 rings (SSSR count). The van der Waals surface area contributed by atoms with Crippen LogP contribution in [0.4, 0.5) is 0 Å². The minimum absolute atomic E-state index is 0.721. The molecule has 1 aliphatic heterocycles. The third kappa shape index (κ3) is 1.48. The highest BCUT2D eigenvalue weighted by molar-refractivity contribution is 6.18. The Bertz CT molecular complexity index is 668. The number of fused-ring (bicyclic) bond motifs is 3. The highest BCUT2D eigenvalue weighted by atomic mass is 16.5.